The van der Waals surface area contributed by atoms with E-state index >= 15 is 0 Å². The Balaban J connectivity index is 3.38. The van der Waals surface area contributed by atoms with Crippen LogP contribution in [0.1, 0.15) is 31.1 Å². The molecule has 8 heteroatoms. The van der Waals surface area contributed by atoms with Crippen LogP contribution in [-0.2, 0) is 13.8 Å². The van der Waals surface area contributed by atoms with Crippen LogP contribution >= 0.6 is 10.7 Å². The van der Waals surface area contributed by atoms with Crippen LogP contribution in [0, 0.1) is 11.6 Å². The van der Waals surface area contributed by atoms with Crippen molar-refractivity contribution in [2.24, 2.45) is 0 Å². The zero-order valence-corrected chi connectivity index (χ0v) is 11.9. The fourth-order valence-electron chi connectivity index (χ4n) is 1.22. The molecule has 19 heavy (non-hydrogen) atoms. The van der Waals surface area contributed by atoms with Gasteiger partial charge in [-0.25, -0.2) is 22.0 Å². The minimum absolute atomic E-state index is 0.394. The van der Waals surface area contributed by atoms with E-state index < -0.39 is 42.7 Å². The summed E-state index contributed by atoms with van der Waals surface area (Å²) in [6, 6.07) is 0.945. The Bertz CT molecular complexity index is 620. The quantitative estimate of drug-likeness (QED) is 0.622. The van der Waals surface area contributed by atoms with Crippen LogP contribution in [0.25, 0.3) is 0 Å². The monoisotopic (exact) mass is 312 g/mol. The number of hydrogen-bond donors (Lipinski definition) is 0. The molecule has 0 bridgehead atoms. The second-order valence-electron chi connectivity index (χ2n) is 4.71. The summed E-state index contributed by atoms with van der Waals surface area (Å²) in [6.07, 6.45) is 0. The molecular weight excluding hydrogens is 302 g/mol. The number of esters is 1. The SMILES string of the molecule is CC(C)(C)OC(=O)c1cc(F)cc(S(=O)(=O)Cl)c1F. The number of benzene rings is 1. The number of ether oxygens (including phenoxy) is 1. The lowest BCUT2D eigenvalue weighted by Crippen LogP contribution is -2.25. The highest BCUT2D eigenvalue weighted by Crippen LogP contribution is 2.25. The van der Waals surface area contributed by atoms with E-state index in [1.54, 1.807) is 0 Å². The van der Waals surface area contributed by atoms with Gasteiger partial charge in [0.1, 0.15) is 16.3 Å². The molecule has 0 saturated heterocycles. The second kappa shape index (κ2) is 5.05. The predicted molar refractivity (Wildman–Crippen MR) is 64.6 cm³/mol. The molecule has 1 rings (SSSR count). The third-order valence-corrected chi connectivity index (χ3v) is 3.21. The molecule has 0 aliphatic heterocycles. The van der Waals surface area contributed by atoms with Crippen LogP contribution < -0.4 is 0 Å². The van der Waals surface area contributed by atoms with Crippen molar-refractivity contribution in [2.45, 2.75) is 31.3 Å². The summed E-state index contributed by atoms with van der Waals surface area (Å²) < 4.78 is 54.1. The third-order valence-electron chi connectivity index (χ3n) is 1.89. The van der Waals surface area contributed by atoms with Crippen molar-refractivity contribution in [1.29, 1.82) is 0 Å². The molecule has 0 atom stereocenters. The Labute approximate surface area is 113 Å². The lowest BCUT2D eigenvalue weighted by atomic mass is 10.1. The standard InChI is InChI=1S/C11H11ClF2O4S/c1-11(2,3)18-10(15)7-4-6(13)5-8(9(7)14)19(12,16)17/h4-5H,1-3H3. The summed E-state index contributed by atoms with van der Waals surface area (Å²) in [5.74, 6) is -3.72. The van der Waals surface area contributed by atoms with Crippen LogP contribution in [0.2, 0.25) is 0 Å². The first kappa shape index (κ1) is 15.8. The van der Waals surface area contributed by atoms with Crippen molar-refractivity contribution in [3.05, 3.63) is 29.3 Å². The maximum Gasteiger partial charge on any atom is 0.341 e. The van der Waals surface area contributed by atoms with Gasteiger partial charge in [0, 0.05) is 10.7 Å². The first-order valence-corrected chi connectivity index (χ1v) is 7.40. The molecule has 0 aromatic heterocycles. The summed E-state index contributed by atoms with van der Waals surface area (Å²) in [5, 5.41) is 0. The van der Waals surface area contributed by atoms with E-state index in [9.17, 15) is 22.0 Å². The Morgan fingerprint density at radius 1 is 1.26 bits per heavy atom. The first-order valence-electron chi connectivity index (χ1n) is 5.09. The molecule has 1 aromatic carbocycles. The molecule has 106 valence electrons. The predicted octanol–water partition coefficient (Wildman–Crippen LogP) is 2.85. The van der Waals surface area contributed by atoms with Gasteiger partial charge in [0.05, 0.1) is 5.56 Å². The van der Waals surface area contributed by atoms with Gasteiger partial charge in [-0.1, -0.05) is 0 Å². The molecule has 0 amide bonds. The van der Waals surface area contributed by atoms with Gasteiger partial charge in [0.15, 0.2) is 5.82 Å². The van der Waals surface area contributed by atoms with Gasteiger partial charge in [0.25, 0.3) is 9.05 Å². The van der Waals surface area contributed by atoms with Crippen LogP contribution in [-0.4, -0.2) is 20.0 Å². The van der Waals surface area contributed by atoms with E-state index in [4.69, 9.17) is 15.4 Å². The molecule has 4 nitrogen and oxygen atoms in total. The molecule has 0 fully saturated rings. The van der Waals surface area contributed by atoms with Gasteiger partial charge in [-0.3, -0.25) is 0 Å². The normalized spacial score (nSPS) is 12.3. The molecular formula is C11H11ClF2O4S. The zero-order chi connectivity index (χ0) is 15.0. The molecule has 0 radical (unpaired) electrons. The Morgan fingerprint density at radius 2 is 1.79 bits per heavy atom. The van der Waals surface area contributed by atoms with Crippen LogP contribution in [0.15, 0.2) is 17.0 Å². The van der Waals surface area contributed by atoms with Crippen molar-refractivity contribution in [2.75, 3.05) is 0 Å². The first-order chi connectivity index (χ1) is 8.42. The number of carbonyl (C=O) groups excluding carboxylic acids is 1. The molecule has 0 spiro atoms. The number of halogens is 3. The summed E-state index contributed by atoms with van der Waals surface area (Å²) in [5.41, 5.74) is -1.76. The molecule has 1 aromatic rings. The third kappa shape index (κ3) is 4.14. The van der Waals surface area contributed by atoms with Gasteiger partial charge in [-0.2, -0.15) is 0 Å². The van der Waals surface area contributed by atoms with E-state index in [2.05, 4.69) is 0 Å². The number of hydrogen-bond acceptors (Lipinski definition) is 4. The summed E-state index contributed by atoms with van der Waals surface area (Å²) in [7, 11) is 0.453. The van der Waals surface area contributed by atoms with Gasteiger partial charge in [-0.05, 0) is 32.9 Å². The number of rotatable bonds is 2. The van der Waals surface area contributed by atoms with E-state index in [1.165, 1.54) is 20.8 Å². The van der Waals surface area contributed by atoms with Crippen molar-refractivity contribution in [3.8, 4) is 0 Å². The summed E-state index contributed by atoms with van der Waals surface area (Å²) in [4.78, 5) is 10.5. The minimum Gasteiger partial charge on any atom is -0.456 e. The highest BCUT2D eigenvalue weighted by molar-refractivity contribution is 8.13. The highest BCUT2D eigenvalue weighted by Gasteiger charge is 2.27. The van der Waals surface area contributed by atoms with Crippen LogP contribution in [0.5, 0.6) is 0 Å². The number of carbonyl (C=O) groups is 1. The lowest BCUT2D eigenvalue weighted by molar-refractivity contribution is 0.00635. The van der Waals surface area contributed by atoms with Crippen molar-refractivity contribution in [3.63, 3.8) is 0 Å². The fourth-order valence-corrected chi connectivity index (χ4v) is 2.14. The maximum absolute atomic E-state index is 13.8. The van der Waals surface area contributed by atoms with Crippen molar-refractivity contribution in [1.82, 2.24) is 0 Å². The summed E-state index contributed by atoms with van der Waals surface area (Å²) >= 11 is 0. The van der Waals surface area contributed by atoms with Crippen molar-refractivity contribution >= 4 is 25.7 Å². The molecule has 0 heterocycles. The highest BCUT2D eigenvalue weighted by atomic mass is 35.7. The van der Waals surface area contributed by atoms with E-state index in [-0.39, 0.29) is 0 Å². The van der Waals surface area contributed by atoms with Crippen molar-refractivity contribution < 1.29 is 26.7 Å². The smallest absolute Gasteiger partial charge is 0.341 e. The average molecular weight is 313 g/mol. The molecule has 0 aliphatic carbocycles. The Morgan fingerprint density at radius 3 is 2.21 bits per heavy atom. The molecule has 0 unspecified atom stereocenters. The van der Waals surface area contributed by atoms with Crippen LogP contribution in [0.4, 0.5) is 8.78 Å². The Kier molecular flexibility index (Phi) is 4.21. The topological polar surface area (TPSA) is 60.4 Å². The van der Waals surface area contributed by atoms with E-state index in [0.29, 0.717) is 12.1 Å². The largest absolute Gasteiger partial charge is 0.456 e. The van der Waals surface area contributed by atoms with E-state index in [1.807, 2.05) is 0 Å². The maximum atomic E-state index is 13.8. The van der Waals surface area contributed by atoms with Gasteiger partial charge in [-0.15, -0.1) is 0 Å². The summed E-state index contributed by atoms with van der Waals surface area (Å²) in [6.45, 7) is 4.59. The molecule has 0 N–H and O–H groups in total. The fraction of sp³-hybridized carbons (Fsp3) is 0.364. The van der Waals surface area contributed by atoms with Gasteiger partial charge in [0.2, 0.25) is 0 Å². The zero-order valence-electron chi connectivity index (χ0n) is 10.3. The minimum atomic E-state index is -4.51. The molecule has 0 aliphatic rings. The second-order valence-corrected chi connectivity index (χ2v) is 7.24. The van der Waals surface area contributed by atoms with E-state index in [0.717, 1.165) is 0 Å². The lowest BCUT2D eigenvalue weighted by Gasteiger charge is -2.19. The van der Waals surface area contributed by atoms with Crippen LogP contribution in [0.3, 0.4) is 0 Å². The van der Waals surface area contributed by atoms with Gasteiger partial charge < -0.3 is 4.74 Å². The Hall–Kier alpha value is -1.21. The van der Waals surface area contributed by atoms with Gasteiger partial charge >= 0.3 is 5.97 Å². The average Bonchev–Trinajstić information content (AvgIpc) is 2.16. The molecule has 0 saturated carbocycles.